The zero-order valence-corrected chi connectivity index (χ0v) is 15.7. The van der Waals surface area contributed by atoms with E-state index in [2.05, 4.69) is 30.4 Å². The van der Waals surface area contributed by atoms with Crippen LogP contribution < -0.4 is 5.56 Å². The molecular formula is C19H18N6OS. The predicted octanol–water partition coefficient (Wildman–Crippen LogP) is 2.41. The maximum absolute atomic E-state index is 12.7. The second-order valence-corrected chi connectivity index (χ2v) is 7.61. The van der Waals surface area contributed by atoms with E-state index in [-0.39, 0.29) is 5.56 Å². The average molecular weight is 378 g/mol. The van der Waals surface area contributed by atoms with E-state index in [0.29, 0.717) is 12.4 Å². The molecule has 0 fully saturated rings. The van der Waals surface area contributed by atoms with Crippen LogP contribution in [0.3, 0.4) is 0 Å². The summed E-state index contributed by atoms with van der Waals surface area (Å²) in [7, 11) is 0. The molecule has 0 saturated heterocycles. The largest absolute Gasteiger partial charge is 0.306 e. The fourth-order valence-corrected chi connectivity index (χ4v) is 4.38. The Balaban J connectivity index is 1.44. The maximum Gasteiger partial charge on any atom is 0.255 e. The van der Waals surface area contributed by atoms with Gasteiger partial charge < -0.3 is 4.98 Å². The van der Waals surface area contributed by atoms with Gasteiger partial charge in [0.1, 0.15) is 5.82 Å². The van der Waals surface area contributed by atoms with Crippen molar-refractivity contribution in [3.05, 3.63) is 69.1 Å². The predicted molar refractivity (Wildman–Crippen MR) is 104 cm³/mol. The van der Waals surface area contributed by atoms with Gasteiger partial charge in [0.05, 0.1) is 22.6 Å². The molecule has 1 N–H and O–H groups in total. The van der Waals surface area contributed by atoms with E-state index in [1.54, 1.807) is 23.7 Å². The molecule has 0 bridgehead atoms. The first-order chi connectivity index (χ1) is 13.2. The van der Waals surface area contributed by atoms with E-state index >= 15 is 0 Å². The lowest BCUT2D eigenvalue weighted by Gasteiger charge is -2.27. The van der Waals surface area contributed by atoms with Crippen molar-refractivity contribution in [1.82, 2.24) is 29.2 Å². The molecule has 0 aliphatic carbocycles. The van der Waals surface area contributed by atoms with Crippen molar-refractivity contribution in [3.63, 3.8) is 0 Å². The van der Waals surface area contributed by atoms with E-state index < -0.39 is 0 Å². The standard InChI is InChI=1S/C19H18N6OS/c1-12-16(25-8-9-27-19(25)21-12)11-24-7-4-15-14(10-24)18(26)23-17(22-15)13-2-5-20-6-3-13/h2-3,5-6,8-9H,4,7,10-11H2,1H3,(H,22,23,26). The molecule has 0 unspecified atom stereocenters. The van der Waals surface area contributed by atoms with Gasteiger partial charge >= 0.3 is 0 Å². The third-order valence-electron chi connectivity index (χ3n) is 5.04. The SMILES string of the molecule is Cc1nc2sccn2c1CN1CCc2nc(-c3ccncc3)[nH]c(=O)c2C1. The van der Waals surface area contributed by atoms with E-state index in [1.165, 1.54) is 5.69 Å². The Kier molecular flexibility index (Phi) is 3.87. The van der Waals surface area contributed by atoms with Crippen molar-refractivity contribution in [1.29, 1.82) is 0 Å². The molecule has 1 aliphatic rings. The van der Waals surface area contributed by atoms with Crippen molar-refractivity contribution in [3.8, 4) is 11.4 Å². The van der Waals surface area contributed by atoms with Gasteiger partial charge in [-0.15, -0.1) is 11.3 Å². The molecule has 0 atom stereocenters. The molecule has 5 heterocycles. The van der Waals surface area contributed by atoms with Crippen molar-refractivity contribution >= 4 is 16.3 Å². The van der Waals surface area contributed by atoms with Crippen LogP contribution in [0.25, 0.3) is 16.3 Å². The minimum Gasteiger partial charge on any atom is -0.306 e. The number of rotatable bonds is 3. The van der Waals surface area contributed by atoms with E-state index in [1.807, 2.05) is 24.4 Å². The number of aromatic nitrogens is 5. The highest BCUT2D eigenvalue weighted by Gasteiger charge is 2.23. The van der Waals surface area contributed by atoms with Gasteiger partial charge in [-0.1, -0.05) is 0 Å². The first kappa shape index (κ1) is 16.3. The lowest BCUT2D eigenvalue weighted by Crippen LogP contribution is -2.35. The molecule has 27 heavy (non-hydrogen) atoms. The van der Waals surface area contributed by atoms with Crippen LogP contribution >= 0.6 is 11.3 Å². The molecule has 136 valence electrons. The summed E-state index contributed by atoms with van der Waals surface area (Å²) in [6.45, 7) is 4.29. The smallest absolute Gasteiger partial charge is 0.255 e. The summed E-state index contributed by atoms with van der Waals surface area (Å²) >= 11 is 1.64. The molecule has 0 amide bonds. The number of aryl methyl sites for hydroxylation is 1. The average Bonchev–Trinajstić information content (AvgIpc) is 3.25. The highest BCUT2D eigenvalue weighted by Crippen LogP contribution is 2.22. The lowest BCUT2D eigenvalue weighted by molar-refractivity contribution is 0.238. The molecule has 8 heteroatoms. The molecule has 0 aromatic carbocycles. The Morgan fingerprint density at radius 1 is 1.26 bits per heavy atom. The first-order valence-electron chi connectivity index (χ1n) is 8.85. The van der Waals surface area contributed by atoms with Crippen molar-refractivity contribution in [2.75, 3.05) is 6.54 Å². The number of H-pyrrole nitrogens is 1. The monoisotopic (exact) mass is 378 g/mol. The minimum absolute atomic E-state index is 0.0535. The number of nitrogens with zero attached hydrogens (tertiary/aromatic N) is 5. The van der Waals surface area contributed by atoms with Gasteiger partial charge in [-0.3, -0.25) is 19.1 Å². The van der Waals surface area contributed by atoms with Gasteiger partial charge in [-0.2, -0.15) is 0 Å². The van der Waals surface area contributed by atoms with Gasteiger partial charge in [0, 0.05) is 55.6 Å². The summed E-state index contributed by atoms with van der Waals surface area (Å²) in [5, 5.41) is 2.05. The summed E-state index contributed by atoms with van der Waals surface area (Å²) in [5.41, 5.74) is 4.72. The quantitative estimate of drug-likeness (QED) is 0.592. The van der Waals surface area contributed by atoms with Gasteiger partial charge in [0.15, 0.2) is 4.96 Å². The van der Waals surface area contributed by atoms with E-state index in [9.17, 15) is 4.79 Å². The van der Waals surface area contributed by atoms with Crippen LogP contribution in [-0.4, -0.2) is 35.8 Å². The van der Waals surface area contributed by atoms with Gasteiger partial charge in [0.2, 0.25) is 0 Å². The van der Waals surface area contributed by atoms with Crippen molar-refractivity contribution in [2.45, 2.75) is 26.4 Å². The number of imidazole rings is 1. The fraction of sp³-hybridized carbons (Fsp3) is 0.263. The minimum atomic E-state index is -0.0535. The third-order valence-corrected chi connectivity index (χ3v) is 5.79. The molecule has 0 spiro atoms. The molecule has 7 nitrogen and oxygen atoms in total. The summed E-state index contributed by atoms with van der Waals surface area (Å²) in [6.07, 6.45) is 6.23. The maximum atomic E-state index is 12.7. The summed E-state index contributed by atoms with van der Waals surface area (Å²) in [6, 6.07) is 3.71. The number of hydrogen-bond acceptors (Lipinski definition) is 6. The topological polar surface area (TPSA) is 79.2 Å². The summed E-state index contributed by atoms with van der Waals surface area (Å²) in [4.78, 5) is 32.3. The van der Waals surface area contributed by atoms with E-state index in [4.69, 9.17) is 4.98 Å². The van der Waals surface area contributed by atoms with Gasteiger partial charge in [-0.25, -0.2) is 9.97 Å². The Morgan fingerprint density at radius 3 is 2.96 bits per heavy atom. The molecule has 4 aromatic rings. The van der Waals surface area contributed by atoms with Crippen LogP contribution in [-0.2, 0) is 19.5 Å². The molecule has 5 rings (SSSR count). The number of aromatic amines is 1. The molecule has 4 aromatic heterocycles. The van der Waals surface area contributed by atoms with Crippen LogP contribution in [0.15, 0.2) is 40.9 Å². The third kappa shape index (κ3) is 2.87. The number of nitrogens with one attached hydrogen (secondary N) is 1. The number of thiazole rings is 1. The zero-order chi connectivity index (χ0) is 18.4. The van der Waals surface area contributed by atoms with Crippen molar-refractivity contribution < 1.29 is 0 Å². The Labute approximate surface area is 159 Å². The summed E-state index contributed by atoms with van der Waals surface area (Å²) < 4.78 is 2.14. The highest BCUT2D eigenvalue weighted by atomic mass is 32.1. The van der Waals surface area contributed by atoms with Gasteiger partial charge in [0.25, 0.3) is 5.56 Å². The molecular weight excluding hydrogens is 360 g/mol. The lowest BCUT2D eigenvalue weighted by atomic mass is 10.1. The Bertz CT molecular complexity index is 1180. The first-order valence-corrected chi connectivity index (χ1v) is 9.73. The number of hydrogen-bond donors (Lipinski definition) is 1. The number of pyridine rings is 1. The second kappa shape index (κ2) is 6.40. The van der Waals surface area contributed by atoms with Crippen LogP contribution in [0.5, 0.6) is 0 Å². The van der Waals surface area contributed by atoms with E-state index in [0.717, 1.165) is 47.0 Å². The number of fused-ring (bicyclic) bond motifs is 2. The van der Waals surface area contributed by atoms with Gasteiger partial charge in [-0.05, 0) is 19.1 Å². The zero-order valence-electron chi connectivity index (χ0n) is 14.8. The highest BCUT2D eigenvalue weighted by molar-refractivity contribution is 7.15. The second-order valence-electron chi connectivity index (χ2n) is 6.74. The van der Waals surface area contributed by atoms with Crippen LogP contribution in [0.2, 0.25) is 0 Å². The van der Waals surface area contributed by atoms with Crippen molar-refractivity contribution in [2.24, 2.45) is 0 Å². The Hall–Kier alpha value is -2.84. The van der Waals surface area contributed by atoms with Crippen LogP contribution in [0.1, 0.15) is 22.6 Å². The summed E-state index contributed by atoms with van der Waals surface area (Å²) in [5.74, 6) is 0.612. The molecule has 0 radical (unpaired) electrons. The molecule has 0 saturated carbocycles. The fourth-order valence-electron chi connectivity index (χ4n) is 3.61. The Morgan fingerprint density at radius 2 is 2.11 bits per heavy atom. The normalized spacial score (nSPS) is 14.6. The van der Waals surface area contributed by atoms with Crippen LogP contribution in [0, 0.1) is 6.92 Å². The molecule has 1 aliphatic heterocycles. The van der Waals surface area contributed by atoms with Crippen LogP contribution in [0.4, 0.5) is 0 Å².